The van der Waals surface area contributed by atoms with Gasteiger partial charge in [0.15, 0.2) is 0 Å². The van der Waals surface area contributed by atoms with Crippen LogP contribution in [0.4, 0.5) is 5.69 Å². The number of methoxy groups -OCH3 is 1. The van der Waals surface area contributed by atoms with Gasteiger partial charge in [-0.2, -0.15) is 0 Å². The predicted octanol–water partition coefficient (Wildman–Crippen LogP) is 3.27. The standard InChI is InChI=1S/C23H28N2O4/c1-27-21-4-2-3-19(17-21)25-13-11-24(12-14-25)15-16-28-20-7-5-18(6-8-20)22-9-10-23(26)29-22/h2-8,17,22H,9-16H2,1H3. The Balaban J connectivity index is 1.19. The maximum absolute atomic E-state index is 11.3. The second-order valence-corrected chi connectivity index (χ2v) is 7.46. The van der Waals surface area contributed by atoms with E-state index >= 15 is 0 Å². The van der Waals surface area contributed by atoms with E-state index in [9.17, 15) is 4.79 Å². The van der Waals surface area contributed by atoms with E-state index < -0.39 is 0 Å². The number of cyclic esters (lactones) is 1. The molecule has 2 heterocycles. The van der Waals surface area contributed by atoms with Gasteiger partial charge in [-0.05, 0) is 36.2 Å². The number of hydrogen-bond donors (Lipinski definition) is 0. The molecule has 29 heavy (non-hydrogen) atoms. The molecule has 1 atom stereocenters. The molecule has 2 aliphatic rings. The maximum atomic E-state index is 11.3. The molecule has 1 unspecified atom stereocenters. The first-order valence-electron chi connectivity index (χ1n) is 10.2. The van der Waals surface area contributed by atoms with Gasteiger partial charge in [0.05, 0.1) is 7.11 Å². The van der Waals surface area contributed by atoms with Gasteiger partial charge < -0.3 is 19.1 Å². The average molecular weight is 396 g/mol. The third-order valence-electron chi connectivity index (χ3n) is 5.60. The topological polar surface area (TPSA) is 51.2 Å². The Hall–Kier alpha value is -2.73. The first kappa shape index (κ1) is 19.6. The molecule has 2 aromatic carbocycles. The molecule has 2 aliphatic heterocycles. The number of carbonyl (C=O) groups is 1. The Morgan fingerprint density at radius 3 is 2.52 bits per heavy atom. The average Bonchev–Trinajstić information content (AvgIpc) is 3.21. The molecule has 0 spiro atoms. The summed E-state index contributed by atoms with van der Waals surface area (Å²) < 4.78 is 16.5. The molecule has 0 aromatic heterocycles. The summed E-state index contributed by atoms with van der Waals surface area (Å²) in [6, 6.07) is 16.1. The van der Waals surface area contributed by atoms with E-state index in [2.05, 4.69) is 21.9 Å². The minimum atomic E-state index is -0.109. The van der Waals surface area contributed by atoms with E-state index in [0.717, 1.165) is 56.2 Å². The summed E-state index contributed by atoms with van der Waals surface area (Å²) in [6.07, 6.45) is 1.17. The second-order valence-electron chi connectivity index (χ2n) is 7.46. The van der Waals surface area contributed by atoms with Gasteiger partial charge in [-0.25, -0.2) is 0 Å². The molecular formula is C23H28N2O4. The van der Waals surface area contributed by atoms with Crippen LogP contribution in [0.1, 0.15) is 24.5 Å². The number of anilines is 1. The summed E-state index contributed by atoms with van der Waals surface area (Å²) in [5.74, 6) is 1.64. The second kappa shape index (κ2) is 9.18. The SMILES string of the molecule is COc1cccc(N2CCN(CCOc3ccc(C4CCC(=O)O4)cc3)CC2)c1. The van der Waals surface area contributed by atoms with E-state index in [1.54, 1.807) is 7.11 Å². The third-order valence-corrected chi connectivity index (χ3v) is 5.60. The van der Waals surface area contributed by atoms with Crippen molar-refractivity contribution >= 4 is 11.7 Å². The van der Waals surface area contributed by atoms with Crippen LogP contribution in [0.2, 0.25) is 0 Å². The van der Waals surface area contributed by atoms with Gasteiger partial charge in [-0.15, -0.1) is 0 Å². The number of carbonyl (C=O) groups excluding carboxylic acids is 1. The van der Waals surface area contributed by atoms with Gasteiger partial charge in [0.2, 0.25) is 0 Å². The maximum Gasteiger partial charge on any atom is 0.306 e. The summed E-state index contributed by atoms with van der Waals surface area (Å²) in [5.41, 5.74) is 2.25. The zero-order valence-corrected chi connectivity index (χ0v) is 16.9. The molecule has 6 heteroatoms. The molecule has 0 amide bonds. The smallest absolute Gasteiger partial charge is 0.306 e. The molecule has 0 N–H and O–H groups in total. The molecule has 2 aromatic rings. The van der Waals surface area contributed by atoms with Crippen LogP contribution in [0, 0.1) is 0 Å². The van der Waals surface area contributed by atoms with Crippen molar-refractivity contribution in [3.63, 3.8) is 0 Å². The van der Waals surface area contributed by atoms with Crippen LogP contribution in [0.25, 0.3) is 0 Å². The van der Waals surface area contributed by atoms with Crippen LogP contribution in [0.15, 0.2) is 48.5 Å². The Labute approximate surface area is 172 Å². The fourth-order valence-corrected chi connectivity index (χ4v) is 3.87. The number of rotatable bonds is 7. The normalized spacial score (nSPS) is 19.8. The van der Waals surface area contributed by atoms with E-state index in [4.69, 9.17) is 14.2 Å². The first-order chi connectivity index (χ1) is 14.2. The van der Waals surface area contributed by atoms with Crippen molar-refractivity contribution in [2.24, 2.45) is 0 Å². The lowest BCUT2D eigenvalue weighted by atomic mass is 10.1. The van der Waals surface area contributed by atoms with Gasteiger partial charge >= 0.3 is 5.97 Å². The van der Waals surface area contributed by atoms with Crippen molar-refractivity contribution < 1.29 is 19.0 Å². The molecular weight excluding hydrogens is 368 g/mol. The quantitative estimate of drug-likeness (QED) is 0.670. The lowest BCUT2D eigenvalue weighted by molar-refractivity contribution is -0.141. The molecule has 154 valence electrons. The summed E-state index contributed by atoms with van der Waals surface area (Å²) in [6.45, 7) is 5.62. The Kier molecular flexibility index (Phi) is 6.20. The van der Waals surface area contributed by atoms with Crippen LogP contribution in [-0.4, -0.2) is 57.3 Å². The zero-order valence-electron chi connectivity index (χ0n) is 16.9. The molecule has 0 radical (unpaired) electrons. The highest BCUT2D eigenvalue weighted by Crippen LogP contribution is 2.30. The van der Waals surface area contributed by atoms with Crippen LogP contribution in [0.5, 0.6) is 11.5 Å². The lowest BCUT2D eigenvalue weighted by Gasteiger charge is -2.36. The highest BCUT2D eigenvalue weighted by atomic mass is 16.5. The Morgan fingerprint density at radius 1 is 1.03 bits per heavy atom. The van der Waals surface area contributed by atoms with Crippen LogP contribution < -0.4 is 14.4 Å². The molecule has 0 aliphatic carbocycles. The van der Waals surface area contributed by atoms with Crippen molar-refractivity contribution in [1.82, 2.24) is 4.90 Å². The van der Waals surface area contributed by atoms with E-state index in [-0.39, 0.29) is 12.1 Å². The van der Waals surface area contributed by atoms with E-state index in [0.29, 0.717) is 13.0 Å². The summed E-state index contributed by atoms with van der Waals surface area (Å²) in [5, 5.41) is 0. The minimum absolute atomic E-state index is 0.0996. The fraction of sp³-hybridized carbons (Fsp3) is 0.435. The van der Waals surface area contributed by atoms with E-state index in [1.165, 1.54) is 5.69 Å². The van der Waals surface area contributed by atoms with Crippen molar-refractivity contribution in [1.29, 1.82) is 0 Å². The van der Waals surface area contributed by atoms with Gasteiger partial charge in [0, 0.05) is 50.9 Å². The highest BCUT2D eigenvalue weighted by Gasteiger charge is 2.24. The van der Waals surface area contributed by atoms with Crippen molar-refractivity contribution in [2.75, 3.05) is 51.3 Å². The van der Waals surface area contributed by atoms with Crippen molar-refractivity contribution in [3.05, 3.63) is 54.1 Å². The molecule has 0 saturated carbocycles. The van der Waals surface area contributed by atoms with Crippen LogP contribution in [0.3, 0.4) is 0 Å². The molecule has 4 rings (SSSR count). The van der Waals surface area contributed by atoms with Gasteiger partial charge in [0.25, 0.3) is 0 Å². The van der Waals surface area contributed by atoms with E-state index in [1.807, 2.05) is 36.4 Å². The molecule has 6 nitrogen and oxygen atoms in total. The number of esters is 1. The number of ether oxygens (including phenoxy) is 3. The number of nitrogens with zero attached hydrogens (tertiary/aromatic N) is 2. The molecule has 2 fully saturated rings. The van der Waals surface area contributed by atoms with Gasteiger partial charge in [-0.3, -0.25) is 9.69 Å². The lowest BCUT2D eigenvalue weighted by Crippen LogP contribution is -2.47. The minimum Gasteiger partial charge on any atom is -0.497 e. The summed E-state index contributed by atoms with van der Waals surface area (Å²) in [4.78, 5) is 16.1. The predicted molar refractivity (Wildman–Crippen MR) is 112 cm³/mol. The van der Waals surface area contributed by atoms with Crippen LogP contribution in [-0.2, 0) is 9.53 Å². The number of piperazine rings is 1. The van der Waals surface area contributed by atoms with Crippen molar-refractivity contribution in [2.45, 2.75) is 18.9 Å². The molecule has 0 bridgehead atoms. The molecule has 2 saturated heterocycles. The third kappa shape index (κ3) is 5.01. The Morgan fingerprint density at radius 2 is 1.83 bits per heavy atom. The Bertz CT molecular complexity index is 816. The monoisotopic (exact) mass is 396 g/mol. The summed E-state index contributed by atoms with van der Waals surface area (Å²) >= 11 is 0. The largest absolute Gasteiger partial charge is 0.497 e. The van der Waals surface area contributed by atoms with Gasteiger partial charge in [0.1, 0.15) is 24.2 Å². The van der Waals surface area contributed by atoms with Crippen molar-refractivity contribution in [3.8, 4) is 11.5 Å². The fourth-order valence-electron chi connectivity index (χ4n) is 3.87. The van der Waals surface area contributed by atoms with Crippen LogP contribution >= 0.6 is 0 Å². The zero-order chi connectivity index (χ0) is 20.1. The number of hydrogen-bond acceptors (Lipinski definition) is 6. The first-order valence-corrected chi connectivity index (χ1v) is 10.2. The highest BCUT2D eigenvalue weighted by molar-refractivity contribution is 5.71. The number of benzene rings is 2. The summed E-state index contributed by atoms with van der Waals surface area (Å²) in [7, 11) is 1.70. The van der Waals surface area contributed by atoms with Gasteiger partial charge in [-0.1, -0.05) is 18.2 Å².